The van der Waals surface area contributed by atoms with Gasteiger partial charge in [-0.2, -0.15) is 0 Å². The largest absolute Gasteiger partial charge is 0.493 e. The molecule has 2 aliphatic heterocycles. The van der Waals surface area contributed by atoms with Gasteiger partial charge in [0, 0.05) is 43.5 Å². The molecule has 0 saturated carbocycles. The van der Waals surface area contributed by atoms with E-state index in [9.17, 15) is 4.79 Å². The van der Waals surface area contributed by atoms with Gasteiger partial charge in [0.2, 0.25) is 0 Å². The number of urea groups is 1. The Kier molecular flexibility index (Phi) is 4.15. The Balaban J connectivity index is 1.36. The molecular weight excluding hydrogens is 302 g/mol. The van der Waals surface area contributed by atoms with Crippen molar-refractivity contribution < 1.29 is 9.53 Å². The highest BCUT2D eigenvalue weighted by Crippen LogP contribution is 2.32. The van der Waals surface area contributed by atoms with Crippen molar-refractivity contribution in [1.29, 1.82) is 0 Å². The Hall–Kier alpha value is -2.43. The number of hydrogen-bond donors (Lipinski definition) is 1. The summed E-state index contributed by atoms with van der Waals surface area (Å²) in [5, 5.41) is 3.19. The molecule has 1 unspecified atom stereocenters. The number of likely N-dealkylation sites (tertiary alicyclic amines) is 1. The number of nitrogens with one attached hydrogen (secondary N) is 1. The Morgan fingerprint density at radius 1 is 1.04 bits per heavy atom. The van der Waals surface area contributed by atoms with Gasteiger partial charge in [-0.15, -0.1) is 0 Å². The molecule has 1 atom stereocenters. The number of fused-ring (bicyclic) bond motifs is 1. The number of amides is 2. The summed E-state index contributed by atoms with van der Waals surface area (Å²) in [5.74, 6) is 0.889. The summed E-state index contributed by atoms with van der Waals surface area (Å²) in [7, 11) is 0. The van der Waals surface area contributed by atoms with E-state index < -0.39 is 0 Å². The summed E-state index contributed by atoms with van der Waals surface area (Å²) in [6, 6.07) is 12.7. The summed E-state index contributed by atoms with van der Waals surface area (Å²) >= 11 is 0. The molecule has 1 saturated heterocycles. The monoisotopic (exact) mass is 325 g/mol. The molecule has 1 aromatic heterocycles. The van der Waals surface area contributed by atoms with Crippen LogP contribution in [-0.4, -0.2) is 35.2 Å². The van der Waals surface area contributed by atoms with Crippen molar-refractivity contribution >= 4 is 6.03 Å². The van der Waals surface area contributed by atoms with Gasteiger partial charge in [0.15, 0.2) is 0 Å². The fraction of sp³-hybridized carbons (Fsp3) is 0.421. The van der Waals surface area contributed by atoms with Crippen LogP contribution in [0, 0.1) is 0 Å². The molecule has 0 spiro atoms. The summed E-state index contributed by atoms with van der Waals surface area (Å²) in [4.78, 5) is 14.6. The number of piperidine rings is 1. The first kappa shape index (κ1) is 15.1. The Bertz CT molecular complexity index is 690. The molecule has 0 aliphatic carbocycles. The molecule has 5 heteroatoms. The molecular formula is C19H23N3O2. The van der Waals surface area contributed by atoms with Crippen LogP contribution >= 0.6 is 0 Å². The zero-order valence-corrected chi connectivity index (χ0v) is 13.7. The second kappa shape index (κ2) is 6.59. The summed E-state index contributed by atoms with van der Waals surface area (Å²) < 4.78 is 7.92. The lowest BCUT2D eigenvalue weighted by Gasteiger charge is -2.35. The van der Waals surface area contributed by atoms with Crippen LogP contribution in [0.2, 0.25) is 0 Å². The average molecular weight is 325 g/mol. The second-order valence-corrected chi connectivity index (χ2v) is 6.53. The first-order chi connectivity index (χ1) is 11.8. The minimum Gasteiger partial charge on any atom is -0.493 e. The number of para-hydroxylation sites is 1. The molecule has 2 aromatic rings. The summed E-state index contributed by atoms with van der Waals surface area (Å²) in [6.45, 7) is 2.26. The lowest BCUT2D eigenvalue weighted by Crippen LogP contribution is -2.46. The van der Waals surface area contributed by atoms with Gasteiger partial charge in [-0.3, -0.25) is 0 Å². The molecule has 1 N–H and O–H groups in total. The fourth-order valence-electron chi connectivity index (χ4n) is 3.69. The predicted molar refractivity (Wildman–Crippen MR) is 92.1 cm³/mol. The van der Waals surface area contributed by atoms with Crippen molar-refractivity contribution in [3.8, 4) is 5.75 Å². The number of carbonyl (C=O) groups excluding carboxylic acids is 1. The van der Waals surface area contributed by atoms with Gasteiger partial charge in [0.25, 0.3) is 0 Å². The maximum atomic E-state index is 12.6. The van der Waals surface area contributed by atoms with Crippen LogP contribution in [0.25, 0.3) is 0 Å². The van der Waals surface area contributed by atoms with Crippen molar-refractivity contribution in [3.63, 3.8) is 0 Å². The van der Waals surface area contributed by atoms with Crippen LogP contribution in [0.3, 0.4) is 0 Å². The topological polar surface area (TPSA) is 46.5 Å². The highest BCUT2D eigenvalue weighted by Gasteiger charge is 2.27. The maximum Gasteiger partial charge on any atom is 0.317 e. The molecule has 1 fully saturated rings. The van der Waals surface area contributed by atoms with Gasteiger partial charge >= 0.3 is 6.03 Å². The first-order valence-corrected chi connectivity index (χ1v) is 8.71. The SMILES string of the molecule is O=C(NC1CCOc2ccccc21)N1CCC(n2cccc2)CC1. The van der Waals surface area contributed by atoms with Crippen LogP contribution < -0.4 is 10.1 Å². The van der Waals surface area contributed by atoms with Gasteiger partial charge < -0.3 is 19.5 Å². The summed E-state index contributed by atoms with van der Waals surface area (Å²) in [5.41, 5.74) is 1.08. The Morgan fingerprint density at radius 3 is 2.58 bits per heavy atom. The number of ether oxygens (including phenoxy) is 1. The van der Waals surface area contributed by atoms with E-state index in [0.717, 1.165) is 43.7 Å². The van der Waals surface area contributed by atoms with E-state index in [0.29, 0.717) is 12.6 Å². The molecule has 5 nitrogen and oxygen atoms in total. The highest BCUT2D eigenvalue weighted by atomic mass is 16.5. The molecule has 3 heterocycles. The van der Waals surface area contributed by atoms with E-state index in [4.69, 9.17) is 4.74 Å². The number of rotatable bonds is 2. The minimum absolute atomic E-state index is 0.0441. The number of hydrogen-bond acceptors (Lipinski definition) is 2. The van der Waals surface area contributed by atoms with Crippen molar-refractivity contribution in [2.45, 2.75) is 31.3 Å². The Morgan fingerprint density at radius 2 is 1.79 bits per heavy atom. The van der Waals surface area contributed by atoms with Gasteiger partial charge in [0.1, 0.15) is 5.75 Å². The third kappa shape index (κ3) is 2.98. The van der Waals surface area contributed by atoms with Crippen molar-refractivity contribution in [1.82, 2.24) is 14.8 Å². The van der Waals surface area contributed by atoms with Crippen LogP contribution in [0.15, 0.2) is 48.8 Å². The maximum absolute atomic E-state index is 12.6. The van der Waals surface area contributed by atoms with Gasteiger partial charge in [0.05, 0.1) is 12.6 Å². The van der Waals surface area contributed by atoms with E-state index >= 15 is 0 Å². The second-order valence-electron chi connectivity index (χ2n) is 6.53. The van der Waals surface area contributed by atoms with Crippen molar-refractivity contribution in [2.75, 3.05) is 19.7 Å². The molecule has 24 heavy (non-hydrogen) atoms. The molecule has 0 radical (unpaired) electrons. The molecule has 2 aliphatic rings. The molecule has 2 amide bonds. The van der Waals surface area contributed by atoms with E-state index in [2.05, 4.69) is 34.4 Å². The normalized spacial score (nSPS) is 21.0. The number of carbonyl (C=O) groups is 1. The molecule has 126 valence electrons. The van der Waals surface area contributed by atoms with E-state index in [1.807, 2.05) is 29.2 Å². The van der Waals surface area contributed by atoms with E-state index in [1.165, 1.54) is 0 Å². The van der Waals surface area contributed by atoms with Gasteiger partial charge in [-0.1, -0.05) is 18.2 Å². The molecule has 4 rings (SSSR count). The quantitative estimate of drug-likeness (QED) is 0.920. The van der Waals surface area contributed by atoms with Crippen molar-refractivity contribution in [3.05, 3.63) is 54.4 Å². The standard InChI is InChI=1S/C19H23N3O2/c23-19(20-17-9-14-24-18-6-2-1-5-16(17)18)22-12-7-15(8-13-22)21-10-3-4-11-21/h1-6,10-11,15,17H,7-9,12-14H2,(H,20,23). The zero-order chi connectivity index (χ0) is 16.4. The lowest BCUT2D eigenvalue weighted by atomic mass is 10.0. The van der Waals surface area contributed by atoms with Gasteiger partial charge in [-0.25, -0.2) is 4.79 Å². The molecule has 0 bridgehead atoms. The van der Waals surface area contributed by atoms with E-state index in [-0.39, 0.29) is 12.1 Å². The van der Waals surface area contributed by atoms with Crippen molar-refractivity contribution in [2.24, 2.45) is 0 Å². The highest BCUT2D eigenvalue weighted by molar-refractivity contribution is 5.75. The van der Waals surface area contributed by atoms with Crippen LogP contribution in [0.1, 0.15) is 36.9 Å². The number of aromatic nitrogens is 1. The number of benzene rings is 1. The smallest absolute Gasteiger partial charge is 0.317 e. The molecule has 1 aromatic carbocycles. The van der Waals surface area contributed by atoms with Crippen LogP contribution in [0.4, 0.5) is 4.79 Å². The first-order valence-electron chi connectivity index (χ1n) is 8.71. The van der Waals surface area contributed by atoms with Crippen LogP contribution in [-0.2, 0) is 0 Å². The fourth-order valence-corrected chi connectivity index (χ4v) is 3.69. The predicted octanol–water partition coefficient (Wildman–Crippen LogP) is 3.36. The summed E-state index contributed by atoms with van der Waals surface area (Å²) in [6.07, 6.45) is 7.06. The lowest BCUT2D eigenvalue weighted by molar-refractivity contribution is 0.163. The third-order valence-corrected chi connectivity index (χ3v) is 5.06. The average Bonchev–Trinajstić information content (AvgIpc) is 3.17. The number of nitrogens with zero attached hydrogens (tertiary/aromatic N) is 2. The minimum atomic E-state index is 0.0441. The zero-order valence-electron chi connectivity index (χ0n) is 13.7. The van der Waals surface area contributed by atoms with E-state index in [1.54, 1.807) is 0 Å². The van der Waals surface area contributed by atoms with Gasteiger partial charge in [-0.05, 0) is 31.0 Å². The third-order valence-electron chi connectivity index (χ3n) is 5.06. The van der Waals surface area contributed by atoms with Crippen LogP contribution in [0.5, 0.6) is 5.75 Å². The Labute approximate surface area is 142 Å².